The fraction of sp³-hybridized carbons (Fsp3) is 0.143. The summed E-state index contributed by atoms with van der Waals surface area (Å²) in [6.45, 7) is 4.03. The van der Waals surface area contributed by atoms with Crippen LogP contribution >= 0.6 is 12.2 Å². The minimum absolute atomic E-state index is 0.698. The number of nitrogens with one attached hydrogen (secondary N) is 1. The van der Waals surface area contributed by atoms with E-state index < -0.39 is 0 Å². The third-order valence-corrected chi connectivity index (χ3v) is 3.34. The third kappa shape index (κ3) is 1.66. The van der Waals surface area contributed by atoms with Crippen molar-refractivity contribution in [1.29, 1.82) is 0 Å². The molecule has 0 aliphatic carbocycles. The zero-order valence-corrected chi connectivity index (χ0v) is 11.1. The number of fused-ring (bicyclic) bond motifs is 1. The monoisotopic (exact) mass is 255 g/mol. The molecule has 0 radical (unpaired) electrons. The van der Waals surface area contributed by atoms with Crippen molar-refractivity contribution in [2.24, 2.45) is 0 Å². The predicted octanol–water partition coefficient (Wildman–Crippen LogP) is 3.70. The molecule has 90 valence electrons. The summed E-state index contributed by atoms with van der Waals surface area (Å²) in [5.74, 6) is 0. The first-order valence-corrected chi connectivity index (χ1v) is 6.21. The van der Waals surface area contributed by atoms with E-state index in [9.17, 15) is 0 Å². The van der Waals surface area contributed by atoms with E-state index in [0.29, 0.717) is 4.77 Å². The standard InChI is InChI=1S/C14H13N3S/c1-9-6-7-11-4-3-5-12(13(11)16-9)17-10(2)8-15-14(17)18/h3-8H,1-2H3,(H,15,18). The molecule has 0 amide bonds. The van der Waals surface area contributed by atoms with E-state index in [1.807, 2.05) is 42.8 Å². The molecule has 0 bridgehead atoms. The van der Waals surface area contributed by atoms with E-state index in [-0.39, 0.29) is 0 Å². The van der Waals surface area contributed by atoms with Gasteiger partial charge in [0.1, 0.15) is 0 Å². The largest absolute Gasteiger partial charge is 0.337 e. The van der Waals surface area contributed by atoms with Crippen molar-refractivity contribution in [3.63, 3.8) is 0 Å². The van der Waals surface area contributed by atoms with E-state index >= 15 is 0 Å². The number of imidazole rings is 1. The Labute approximate surface area is 110 Å². The molecule has 0 saturated carbocycles. The summed E-state index contributed by atoms with van der Waals surface area (Å²) < 4.78 is 2.72. The van der Waals surface area contributed by atoms with Crippen LogP contribution < -0.4 is 0 Å². The molecule has 4 heteroatoms. The lowest BCUT2D eigenvalue weighted by atomic mass is 10.1. The first kappa shape index (κ1) is 11.2. The first-order chi connectivity index (χ1) is 8.66. The predicted molar refractivity (Wildman–Crippen MR) is 75.7 cm³/mol. The number of H-pyrrole nitrogens is 1. The fourth-order valence-corrected chi connectivity index (χ4v) is 2.47. The molecule has 2 heterocycles. The SMILES string of the molecule is Cc1ccc2cccc(-n3c(C)c[nH]c3=S)c2n1. The Balaban J connectivity index is 2.43. The van der Waals surface area contributed by atoms with Gasteiger partial charge in [0.15, 0.2) is 4.77 Å². The third-order valence-electron chi connectivity index (χ3n) is 3.04. The number of benzene rings is 1. The molecule has 3 rings (SSSR count). The molecule has 0 fully saturated rings. The average Bonchev–Trinajstić information content (AvgIpc) is 2.68. The molecule has 0 unspecified atom stereocenters. The Bertz CT molecular complexity index is 783. The summed E-state index contributed by atoms with van der Waals surface area (Å²) in [5, 5.41) is 1.13. The molecule has 3 nitrogen and oxygen atoms in total. The fourth-order valence-electron chi connectivity index (χ4n) is 2.16. The van der Waals surface area contributed by atoms with Crippen molar-refractivity contribution >= 4 is 23.1 Å². The maximum Gasteiger partial charge on any atom is 0.182 e. The highest BCUT2D eigenvalue weighted by Crippen LogP contribution is 2.22. The highest BCUT2D eigenvalue weighted by Gasteiger charge is 2.08. The van der Waals surface area contributed by atoms with Crippen molar-refractivity contribution in [3.8, 4) is 5.69 Å². The van der Waals surface area contributed by atoms with Gasteiger partial charge in [-0.1, -0.05) is 18.2 Å². The summed E-state index contributed by atoms with van der Waals surface area (Å²) in [6.07, 6.45) is 1.91. The summed E-state index contributed by atoms with van der Waals surface area (Å²) in [4.78, 5) is 7.70. The van der Waals surface area contributed by atoms with Gasteiger partial charge >= 0.3 is 0 Å². The second kappa shape index (κ2) is 4.07. The average molecular weight is 255 g/mol. The van der Waals surface area contributed by atoms with E-state index in [1.54, 1.807) is 0 Å². The van der Waals surface area contributed by atoms with Gasteiger partial charge in [0.2, 0.25) is 0 Å². The maximum absolute atomic E-state index is 5.33. The zero-order chi connectivity index (χ0) is 12.7. The smallest absolute Gasteiger partial charge is 0.182 e. The van der Waals surface area contributed by atoms with Crippen molar-refractivity contribution in [3.05, 3.63) is 52.7 Å². The molecule has 0 aliphatic heterocycles. The Kier molecular flexibility index (Phi) is 2.52. The summed E-state index contributed by atoms with van der Waals surface area (Å²) in [5.41, 5.74) is 4.10. The minimum atomic E-state index is 0.698. The summed E-state index contributed by atoms with van der Waals surface area (Å²) in [6, 6.07) is 10.3. The van der Waals surface area contributed by atoms with Gasteiger partial charge in [-0.3, -0.25) is 9.55 Å². The van der Waals surface area contributed by atoms with Gasteiger partial charge in [-0.25, -0.2) is 0 Å². The van der Waals surface area contributed by atoms with Crippen LogP contribution in [-0.4, -0.2) is 14.5 Å². The van der Waals surface area contributed by atoms with Crippen LogP contribution in [0, 0.1) is 18.6 Å². The Morgan fingerprint density at radius 1 is 1.17 bits per heavy atom. The Morgan fingerprint density at radius 2 is 2.00 bits per heavy atom. The maximum atomic E-state index is 5.33. The number of hydrogen-bond donors (Lipinski definition) is 1. The lowest BCUT2D eigenvalue weighted by molar-refractivity contribution is 0.988. The highest BCUT2D eigenvalue weighted by molar-refractivity contribution is 7.71. The Morgan fingerprint density at radius 3 is 2.72 bits per heavy atom. The van der Waals surface area contributed by atoms with Crippen LogP contribution in [0.1, 0.15) is 11.4 Å². The number of nitrogens with zero attached hydrogens (tertiary/aromatic N) is 2. The Hall–Kier alpha value is -1.94. The van der Waals surface area contributed by atoms with Crippen LogP contribution in [0.5, 0.6) is 0 Å². The molecule has 18 heavy (non-hydrogen) atoms. The molecule has 0 aliphatic rings. The number of rotatable bonds is 1. The number of pyridine rings is 1. The van der Waals surface area contributed by atoms with Gasteiger partial charge in [0.05, 0.1) is 11.2 Å². The first-order valence-electron chi connectivity index (χ1n) is 5.80. The topological polar surface area (TPSA) is 33.6 Å². The molecule has 0 saturated heterocycles. The van der Waals surface area contributed by atoms with E-state index in [2.05, 4.69) is 22.1 Å². The van der Waals surface area contributed by atoms with Crippen LogP contribution in [0.4, 0.5) is 0 Å². The molecule has 2 aromatic heterocycles. The van der Waals surface area contributed by atoms with Gasteiger partial charge in [-0.2, -0.15) is 0 Å². The number of hydrogen-bond acceptors (Lipinski definition) is 2. The molecule has 1 aromatic carbocycles. The van der Waals surface area contributed by atoms with Crippen molar-refractivity contribution in [2.45, 2.75) is 13.8 Å². The minimum Gasteiger partial charge on any atom is -0.337 e. The molecule has 1 N–H and O–H groups in total. The zero-order valence-electron chi connectivity index (χ0n) is 10.3. The second-order valence-electron chi connectivity index (χ2n) is 4.37. The van der Waals surface area contributed by atoms with Crippen LogP contribution in [0.15, 0.2) is 36.5 Å². The van der Waals surface area contributed by atoms with E-state index in [1.165, 1.54) is 0 Å². The van der Waals surface area contributed by atoms with Crippen LogP contribution in [-0.2, 0) is 0 Å². The van der Waals surface area contributed by atoms with E-state index in [4.69, 9.17) is 12.2 Å². The summed E-state index contributed by atoms with van der Waals surface area (Å²) in [7, 11) is 0. The van der Waals surface area contributed by atoms with Crippen molar-refractivity contribution in [1.82, 2.24) is 14.5 Å². The van der Waals surface area contributed by atoms with Gasteiger partial charge in [0, 0.05) is 23.0 Å². The van der Waals surface area contributed by atoms with Gasteiger partial charge in [-0.05, 0) is 38.2 Å². The molecule has 0 spiro atoms. The van der Waals surface area contributed by atoms with Crippen LogP contribution in [0.2, 0.25) is 0 Å². The lowest BCUT2D eigenvalue weighted by Gasteiger charge is -2.09. The molecule has 3 aromatic rings. The normalized spacial score (nSPS) is 11.0. The van der Waals surface area contributed by atoms with Crippen molar-refractivity contribution < 1.29 is 0 Å². The van der Waals surface area contributed by atoms with Gasteiger partial charge in [-0.15, -0.1) is 0 Å². The second-order valence-corrected chi connectivity index (χ2v) is 4.76. The molecular weight excluding hydrogens is 242 g/mol. The highest BCUT2D eigenvalue weighted by atomic mass is 32.1. The van der Waals surface area contributed by atoms with Crippen LogP contribution in [0.3, 0.4) is 0 Å². The van der Waals surface area contributed by atoms with E-state index in [0.717, 1.165) is 28.0 Å². The lowest BCUT2D eigenvalue weighted by Crippen LogP contribution is -1.99. The quantitative estimate of drug-likeness (QED) is 0.673. The van der Waals surface area contributed by atoms with Crippen LogP contribution in [0.25, 0.3) is 16.6 Å². The number of para-hydroxylation sites is 1. The molecule has 0 atom stereocenters. The number of aryl methyl sites for hydroxylation is 2. The van der Waals surface area contributed by atoms with Gasteiger partial charge < -0.3 is 4.98 Å². The summed E-state index contributed by atoms with van der Waals surface area (Å²) >= 11 is 5.33. The van der Waals surface area contributed by atoms with Gasteiger partial charge in [0.25, 0.3) is 0 Å². The number of aromatic nitrogens is 3. The molecular formula is C14H13N3S. The van der Waals surface area contributed by atoms with Crippen molar-refractivity contribution in [2.75, 3.05) is 0 Å². The number of aromatic amines is 1.